The van der Waals surface area contributed by atoms with Crippen molar-refractivity contribution in [2.45, 2.75) is 50.6 Å². The van der Waals surface area contributed by atoms with Crippen molar-refractivity contribution in [3.63, 3.8) is 0 Å². The lowest BCUT2D eigenvalue weighted by molar-refractivity contribution is -0.150. The predicted octanol–water partition coefficient (Wildman–Crippen LogP) is 1.22. The van der Waals surface area contributed by atoms with Crippen LogP contribution in [-0.2, 0) is 9.59 Å². The van der Waals surface area contributed by atoms with E-state index in [4.69, 9.17) is 5.73 Å². The minimum atomic E-state index is -1.12. The first-order valence-corrected chi connectivity index (χ1v) is 8.10. The first kappa shape index (κ1) is 16.3. The molecule has 0 aromatic carbocycles. The van der Waals surface area contributed by atoms with E-state index in [-0.39, 0.29) is 5.91 Å². The highest BCUT2D eigenvalue weighted by atomic mass is 32.2. The normalized spacial score (nSPS) is 28.7. The molecule has 0 saturated heterocycles. The standard InChI is InChI=1S/C13H24N2O3S/c1-9-4-3-6-13(8-9,12(17)18)15-11(16)10(14)5-7-19-2/h9-10H,3-8,14H2,1-2H3,(H,15,16)(H,17,18)/t9?,10-,13?/m0/s1. The number of nitrogens with one attached hydrogen (secondary N) is 1. The third-order valence-corrected chi connectivity index (χ3v) is 4.38. The Hall–Kier alpha value is -0.750. The van der Waals surface area contributed by atoms with E-state index in [9.17, 15) is 14.7 Å². The quantitative estimate of drug-likeness (QED) is 0.683. The van der Waals surface area contributed by atoms with Crippen molar-refractivity contribution in [2.75, 3.05) is 12.0 Å². The van der Waals surface area contributed by atoms with Gasteiger partial charge in [0.1, 0.15) is 5.54 Å². The van der Waals surface area contributed by atoms with Gasteiger partial charge in [0.2, 0.25) is 5.91 Å². The summed E-state index contributed by atoms with van der Waals surface area (Å²) >= 11 is 1.62. The number of carbonyl (C=O) groups excluding carboxylic acids is 1. The molecule has 1 aliphatic rings. The largest absolute Gasteiger partial charge is 0.480 e. The van der Waals surface area contributed by atoms with Gasteiger partial charge in [0, 0.05) is 0 Å². The lowest BCUT2D eigenvalue weighted by Crippen LogP contribution is -2.60. The summed E-state index contributed by atoms with van der Waals surface area (Å²) in [6, 6.07) is -0.624. The second kappa shape index (κ2) is 7.14. The first-order chi connectivity index (χ1) is 8.91. The number of rotatable bonds is 6. The monoisotopic (exact) mass is 288 g/mol. The van der Waals surface area contributed by atoms with Gasteiger partial charge in [0.25, 0.3) is 0 Å². The summed E-state index contributed by atoms with van der Waals surface area (Å²) < 4.78 is 0. The molecule has 1 amide bonds. The molecule has 0 bridgehead atoms. The van der Waals surface area contributed by atoms with Crippen LogP contribution in [0.4, 0.5) is 0 Å². The Morgan fingerprint density at radius 3 is 2.79 bits per heavy atom. The van der Waals surface area contributed by atoms with Gasteiger partial charge < -0.3 is 16.2 Å². The molecular formula is C13H24N2O3S. The third kappa shape index (κ3) is 4.38. The van der Waals surface area contributed by atoms with Crippen LogP contribution in [0.25, 0.3) is 0 Å². The van der Waals surface area contributed by atoms with Crippen molar-refractivity contribution in [1.82, 2.24) is 5.32 Å². The van der Waals surface area contributed by atoms with Crippen molar-refractivity contribution >= 4 is 23.6 Å². The Kier molecular flexibility index (Phi) is 6.13. The van der Waals surface area contributed by atoms with E-state index in [2.05, 4.69) is 5.32 Å². The van der Waals surface area contributed by atoms with Crippen LogP contribution in [0.1, 0.15) is 39.0 Å². The Balaban J connectivity index is 2.68. The van der Waals surface area contributed by atoms with E-state index < -0.39 is 17.6 Å². The minimum absolute atomic E-state index is 0.313. The highest BCUT2D eigenvalue weighted by Crippen LogP contribution is 2.32. The molecule has 19 heavy (non-hydrogen) atoms. The number of hydrogen-bond acceptors (Lipinski definition) is 4. The number of nitrogens with two attached hydrogens (primary N) is 1. The summed E-state index contributed by atoms with van der Waals surface area (Å²) in [5.74, 6) is -0.173. The van der Waals surface area contributed by atoms with Crippen LogP contribution in [0.3, 0.4) is 0 Å². The van der Waals surface area contributed by atoms with Gasteiger partial charge >= 0.3 is 5.97 Å². The van der Waals surface area contributed by atoms with E-state index in [0.29, 0.717) is 25.2 Å². The maximum absolute atomic E-state index is 12.0. The molecule has 1 fully saturated rings. The zero-order valence-corrected chi connectivity index (χ0v) is 12.5. The Labute approximate surface area is 118 Å². The molecule has 0 aliphatic heterocycles. The number of carbonyl (C=O) groups is 2. The average molecular weight is 288 g/mol. The molecule has 110 valence electrons. The summed E-state index contributed by atoms with van der Waals surface area (Å²) in [7, 11) is 0. The number of aliphatic carboxylic acids is 1. The second-order valence-corrected chi connectivity index (χ2v) is 6.45. The number of carboxylic acids is 1. The molecule has 3 atom stereocenters. The minimum Gasteiger partial charge on any atom is -0.480 e. The summed E-state index contributed by atoms with van der Waals surface area (Å²) in [6.07, 6.45) is 5.35. The first-order valence-electron chi connectivity index (χ1n) is 6.71. The van der Waals surface area contributed by atoms with Crippen molar-refractivity contribution in [3.8, 4) is 0 Å². The lowest BCUT2D eigenvalue weighted by atomic mass is 9.76. The zero-order chi connectivity index (χ0) is 14.5. The van der Waals surface area contributed by atoms with Crippen LogP contribution < -0.4 is 11.1 Å². The van der Waals surface area contributed by atoms with Gasteiger partial charge in [0.05, 0.1) is 6.04 Å². The highest BCUT2D eigenvalue weighted by Gasteiger charge is 2.43. The van der Waals surface area contributed by atoms with E-state index in [1.165, 1.54) is 0 Å². The molecule has 1 rings (SSSR count). The van der Waals surface area contributed by atoms with Crippen LogP contribution in [0.5, 0.6) is 0 Å². The van der Waals surface area contributed by atoms with Crippen LogP contribution >= 0.6 is 11.8 Å². The average Bonchev–Trinajstić information content (AvgIpc) is 2.35. The fourth-order valence-corrected chi connectivity index (χ4v) is 3.11. The van der Waals surface area contributed by atoms with Gasteiger partial charge in [0.15, 0.2) is 0 Å². The molecule has 6 heteroatoms. The Bertz CT molecular complexity index is 338. The molecule has 0 radical (unpaired) electrons. The van der Waals surface area contributed by atoms with Gasteiger partial charge in [-0.2, -0.15) is 11.8 Å². The lowest BCUT2D eigenvalue weighted by Gasteiger charge is -2.37. The van der Waals surface area contributed by atoms with Crippen LogP contribution in [0, 0.1) is 5.92 Å². The van der Waals surface area contributed by atoms with Gasteiger partial charge in [-0.25, -0.2) is 4.79 Å². The Morgan fingerprint density at radius 1 is 1.58 bits per heavy atom. The van der Waals surface area contributed by atoms with Crippen molar-refractivity contribution in [1.29, 1.82) is 0 Å². The van der Waals surface area contributed by atoms with Crippen LogP contribution in [0.15, 0.2) is 0 Å². The smallest absolute Gasteiger partial charge is 0.329 e. The predicted molar refractivity (Wildman–Crippen MR) is 77.1 cm³/mol. The molecule has 4 N–H and O–H groups in total. The van der Waals surface area contributed by atoms with Gasteiger partial charge in [-0.05, 0) is 37.2 Å². The molecule has 0 spiro atoms. The number of amides is 1. The number of thioether (sulfide) groups is 1. The van der Waals surface area contributed by atoms with E-state index in [1.54, 1.807) is 11.8 Å². The van der Waals surface area contributed by atoms with E-state index in [0.717, 1.165) is 18.6 Å². The molecule has 5 nitrogen and oxygen atoms in total. The molecule has 2 unspecified atom stereocenters. The summed E-state index contributed by atoms with van der Waals surface area (Å²) in [4.78, 5) is 23.6. The zero-order valence-electron chi connectivity index (χ0n) is 11.6. The van der Waals surface area contributed by atoms with E-state index >= 15 is 0 Å². The van der Waals surface area contributed by atoms with Crippen molar-refractivity contribution in [3.05, 3.63) is 0 Å². The second-order valence-electron chi connectivity index (χ2n) is 5.47. The maximum Gasteiger partial charge on any atom is 0.329 e. The molecule has 0 heterocycles. The van der Waals surface area contributed by atoms with Gasteiger partial charge in [-0.1, -0.05) is 19.8 Å². The molecule has 0 aromatic heterocycles. The Morgan fingerprint density at radius 2 is 2.26 bits per heavy atom. The summed E-state index contributed by atoms with van der Waals surface area (Å²) in [5, 5.41) is 12.2. The third-order valence-electron chi connectivity index (χ3n) is 3.74. The van der Waals surface area contributed by atoms with Gasteiger partial charge in [-0.15, -0.1) is 0 Å². The van der Waals surface area contributed by atoms with E-state index in [1.807, 2.05) is 13.2 Å². The number of carboxylic acid groups (broad SMARTS) is 1. The molecule has 1 aliphatic carbocycles. The highest BCUT2D eigenvalue weighted by molar-refractivity contribution is 7.98. The SMILES string of the molecule is CSCC[C@H](N)C(=O)NC1(C(=O)O)CCCC(C)C1. The van der Waals surface area contributed by atoms with Crippen LogP contribution in [0.2, 0.25) is 0 Å². The van der Waals surface area contributed by atoms with Gasteiger partial charge in [-0.3, -0.25) is 4.79 Å². The molecular weight excluding hydrogens is 264 g/mol. The fraction of sp³-hybridized carbons (Fsp3) is 0.846. The fourth-order valence-electron chi connectivity index (χ4n) is 2.62. The van der Waals surface area contributed by atoms with Crippen molar-refractivity contribution in [2.24, 2.45) is 11.7 Å². The molecule has 0 aromatic rings. The molecule has 1 saturated carbocycles. The number of hydrogen-bond donors (Lipinski definition) is 3. The topological polar surface area (TPSA) is 92.4 Å². The maximum atomic E-state index is 12.0. The summed E-state index contributed by atoms with van der Waals surface area (Å²) in [5.41, 5.74) is 4.68. The van der Waals surface area contributed by atoms with Crippen LogP contribution in [-0.4, -0.2) is 40.6 Å². The van der Waals surface area contributed by atoms with Crippen molar-refractivity contribution < 1.29 is 14.7 Å². The summed E-state index contributed by atoms with van der Waals surface area (Å²) in [6.45, 7) is 2.02.